The summed E-state index contributed by atoms with van der Waals surface area (Å²) in [6, 6.07) is 18.5. The molecule has 2 aromatic rings. The molecule has 0 radical (unpaired) electrons. The van der Waals surface area contributed by atoms with Gasteiger partial charge in [-0.15, -0.1) is 0 Å². The molecule has 0 bridgehead atoms. The van der Waals surface area contributed by atoms with E-state index in [2.05, 4.69) is 16.0 Å². The summed E-state index contributed by atoms with van der Waals surface area (Å²) >= 11 is 0. The zero-order valence-corrected chi connectivity index (χ0v) is 14.0. The molecule has 0 aromatic heterocycles. The quantitative estimate of drug-likeness (QED) is 0.545. The van der Waals surface area contributed by atoms with E-state index in [1.54, 1.807) is 0 Å². The highest BCUT2D eigenvalue weighted by atomic mass is 16.2. The molecule has 25 heavy (non-hydrogen) atoms. The predicted molar refractivity (Wildman–Crippen MR) is 94.6 cm³/mol. The van der Waals surface area contributed by atoms with Crippen LogP contribution in [0.5, 0.6) is 0 Å². The number of carbonyl (C=O) groups is 3. The van der Waals surface area contributed by atoms with Gasteiger partial charge < -0.3 is 16.0 Å². The van der Waals surface area contributed by atoms with E-state index >= 15 is 0 Å². The fourth-order valence-corrected chi connectivity index (χ4v) is 2.34. The van der Waals surface area contributed by atoms with E-state index in [0.717, 1.165) is 11.1 Å². The van der Waals surface area contributed by atoms with Crippen LogP contribution in [-0.2, 0) is 14.4 Å². The molecule has 0 atom stereocenters. The number of nitrogens with one attached hydrogen (secondary N) is 3. The first-order chi connectivity index (χ1) is 12.1. The SMILES string of the molecule is CC(=O)NCCNC(=O)C(=O)NC(c1ccccc1)c1ccccc1. The average Bonchev–Trinajstić information content (AvgIpc) is 2.64. The van der Waals surface area contributed by atoms with Crippen molar-refractivity contribution >= 4 is 17.7 Å². The van der Waals surface area contributed by atoms with E-state index in [9.17, 15) is 14.4 Å². The lowest BCUT2D eigenvalue weighted by Gasteiger charge is -2.19. The van der Waals surface area contributed by atoms with Crippen molar-refractivity contribution < 1.29 is 14.4 Å². The Morgan fingerprint density at radius 2 is 1.24 bits per heavy atom. The molecule has 0 aliphatic carbocycles. The van der Waals surface area contributed by atoms with E-state index < -0.39 is 17.9 Å². The third-order valence-electron chi connectivity index (χ3n) is 3.53. The monoisotopic (exact) mass is 339 g/mol. The Balaban J connectivity index is 2.03. The second-order valence-electron chi connectivity index (χ2n) is 5.47. The molecule has 0 spiro atoms. The van der Waals surface area contributed by atoms with Crippen molar-refractivity contribution in [2.45, 2.75) is 13.0 Å². The second kappa shape index (κ2) is 9.22. The van der Waals surface area contributed by atoms with Crippen LogP contribution in [0.2, 0.25) is 0 Å². The first-order valence-corrected chi connectivity index (χ1v) is 8.01. The number of hydrogen-bond acceptors (Lipinski definition) is 3. The Kier molecular flexibility index (Phi) is 6.71. The van der Waals surface area contributed by atoms with Crippen molar-refractivity contribution in [1.82, 2.24) is 16.0 Å². The molecule has 0 unspecified atom stereocenters. The van der Waals surface area contributed by atoms with Crippen LogP contribution in [0.4, 0.5) is 0 Å². The van der Waals surface area contributed by atoms with Gasteiger partial charge in [0.2, 0.25) is 5.91 Å². The Morgan fingerprint density at radius 1 is 0.760 bits per heavy atom. The predicted octanol–water partition coefficient (Wildman–Crippen LogP) is 1.14. The van der Waals surface area contributed by atoms with Gasteiger partial charge in [0.25, 0.3) is 0 Å². The number of hydrogen-bond donors (Lipinski definition) is 3. The minimum atomic E-state index is -0.734. The topological polar surface area (TPSA) is 87.3 Å². The molecule has 2 aromatic carbocycles. The maximum absolute atomic E-state index is 12.2. The van der Waals surface area contributed by atoms with Crippen LogP contribution in [-0.4, -0.2) is 30.8 Å². The molecule has 0 saturated carbocycles. The lowest BCUT2D eigenvalue weighted by Crippen LogP contribution is -2.44. The molecule has 0 saturated heterocycles. The summed E-state index contributed by atoms with van der Waals surface area (Å²) < 4.78 is 0. The van der Waals surface area contributed by atoms with Crippen LogP contribution in [0.25, 0.3) is 0 Å². The Hall–Kier alpha value is -3.15. The molecule has 3 N–H and O–H groups in total. The van der Waals surface area contributed by atoms with Gasteiger partial charge in [-0.05, 0) is 11.1 Å². The molecular weight excluding hydrogens is 318 g/mol. The molecule has 6 nitrogen and oxygen atoms in total. The molecule has 130 valence electrons. The normalized spacial score (nSPS) is 10.2. The van der Waals surface area contributed by atoms with Crippen LogP contribution in [0, 0.1) is 0 Å². The molecule has 3 amide bonds. The number of carbonyl (C=O) groups excluding carboxylic acids is 3. The molecule has 6 heteroatoms. The highest BCUT2D eigenvalue weighted by Gasteiger charge is 2.20. The molecule has 0 aliphatic heterocycles. The van der Waals surface area contributed by atoms with Gasteiger partial charge in [0.1, 0.15) is 0 Å². The van der Waals surface area contributed by atoms with E-state index in [0.29, 0.717) is 0 Å². The minimum absolute atomic E-state index is 0.188. The molecule has 0 aliphatic rings. The van der Waals surface area contributed by atoms with Crippen LogP contribution < -0.4 is 16.0 Å². The molecule has 0 fully saturated rings. The van der Waals surface area contributed by atoms with E-state index in [-0.39, 0.29) is 19.0 Å². The number of benzene rings is 2. The Bertz CT molecular complexity index is 678. The van der Waals surface area contributed by atoms with Crippen molar-refractivity contribution in [2.75, 3.05) is 13.1 Å². The van der Waals surface area contributed by atoms with Crippen LogP contribution in [0.3, 0.4) is 0 Å². The van der Waals surface area contributed by atoms with E-state index in [1.807, 2.05) is 60.7 Å². The van der Waals surface area contributed by atoms with Crippen molar-refractivity contribution in [3.8, 4) is 0 Å². The van der Waals surface area contributed by atoms with Crippen LogP contribution in [0.1, 0.15) is 24.1 Å². The standard InChI is InChI=1S/C19H21N3O3/c1-14(23)20-12-13-21-18(24)19(25)22-17(15-8-4-2-5-9-15)16-10-6-3-7-11-16/h2-11,17H,12-13H2,1H3,(H,20,23)(H,21,24)(H,22,25). The smallest absolute Gasteiger partial charge is 0.310 e. The van der Waals surface area contributed by atoms with E-state index in [4.69, 9.17) is 0 Å². The van der Waals surface area contributed by atoms with Gasteiger partial charge in [-0.1, -0.05) is 60.7 Å². The maximum atomic E-state index is 12.2. The third kappa shape index (κ3) is 5.76. The number of amides is 3. The highest BCUT2D eigenvalue weighted by Crippen LogP contribution is 2.21. The Morgan fingerprint density at radius 3 is 1.72 bits per heavy atom. The fraction of sp³-hybridized carbons (Fsp3) is 0.211. The molecule has 2 rings (SSSR count). The third-order valence-corrected chi connectivity index (χ3v) is 3.53. The second-order valence-corrected chi connectivity index (χ2v) is 5.47. The summed E-state index contributed by atoms with van der Waals surface area (Å²) in [6.45, 7) is 1.85. The summed E-state index contributed by atoms with van der Waals surface area (Å²) in [7, 11) is 0. The fourth-order valence-electron chi connectivity index (χ4n) is 2.34. The summed E-state index contributed by atoms with van der Waals surface area (Å²) in [5.74, 6) is -1.64. The van der Waals surface area contributed by atoms with Crippen LogP contribution >= 0.6 is 0 Å². The van der Waals surface area contributed by atoms with Crippen molar-refractivity contribution in [2.24, 2.45) is 0 Å². The van der Waals surface area contributed by atoms with Gasteiger partial charge in [-0.25, -0.2) is 0 Å². The first-order valence-electron chi connectivity index (χ1n) is 8.01. The highest BCUT2D eigenvalue weighted by molar-refractivity contribution is 6.35. The maximum Gasteiger partial charge on any atom is 0.310 e. The summed E-state index contributed by atoms with van der Waals surface area (Å²) in [5, 5.41) is 7.79. The van der Waals surface area contributed by atoms with Gasteiger partial charge in [-0.3, -0.25) is 14.4 Å². The van der Waals surface area contributed by atoms with Crippen LogP contribution in [0.15, 0.2) is 60.7 Å². The van der Waals surface area contributed by atoms with Gasteiger partial charge in [0.05, 0.1) is 6.04 Å². The molecular formula is C19H21N3O3. The zero-order chi connectivity index (χ0) is 18.1. The van der Waals surface area contributed by atoms with Gasteiger partial charge in [-0.2, -0.15) is 0 Å². The van der Waals surface area contributed by atoms with E-state index in [1.165, 1.54) is 6.92 Å². The van der Waals surface area contributed by atoms with Gasteiger partial charge >= 0.3 is 11.8 Å². The zero-order valence-electron chi connectivity index (χ0n) is 14.0. The summed E-state index contributed by atoms with van der Waals surface area (Å²) in [5.41, 5.74) is 1.76. The van der Waals surface area contributed by atoms with Crippen molar-refractivity contribution in [3.63, 3.8) is 0 Å². The summed E-state index contributed by atoms with van der Waals surface area (Å²) in [6.07, 6.45) is 0. The number of rotatable bonds is 6. The van der Waals surface area contributed by atoms with Gasteiger partial charge in [0, 0.05) is 20.0 Å². The summed E-state index contributed by atoms with van der Waals surface area (Å²) in [4.78, 5) is 34.9. The van der Waals surface area contributed by atoms with Gasteiger partial charge in [0.15, 0.2) is 0 Å². The van der Waals surface area contributed by atoms with Crippen molar-refractivity contribution in [1.29, 1.82) is 0 Å². The molecule has 0 heterocycles. The lowest BCUT2D eigenvalue weighted by molar-refractivity contribution is -0.139. The van der Waals surface area contributed by atoms with Crippen molar-refractivity contribution in [3.05, 3.63) is 71.8 Å². The largest absolute Gasteiger partial charge is 0.355 e. The first kappa shape index (κ1) is 18.2. The average molecular weight is 339 g/mol. The Labute approximate surface area is 146 Å². The lowest BCUT2D eigenvalue weighted by atomic mass is 9.99. The minimum Gasteiger partial charge on any atom is -0.355 e.